The minimum absolute atomic E-state index is 0.280. The molecule has 0 bridgehead atoms. The quantitative estimate of drug-likeness (QED) is 0.128. The van der Waals surface area contributed by atoms with E-state index in [2.05, 4.69) is 19.9 Å². The molecule has 0 aromatic heterocycles. The fourth-order valence-electron chi connectivity index (χ4n) is 6.24. The van der Waals surface area contributed by atoms with Crippen LogP contribution in [0.1, 0.15) is 50.7 Å². The van der Waals surface area contributed by atoms with E-state index in [1.807, 2.05) is 127 Å². The minimum atomic E-state index is -4.39. The van der Waals surface area contributed by atoms with Gasteiger partial charge in [-0.3, -0.25) is 0 Å². The van der Waals surface area contributed by atoms with Gasteiger partial charge in [-0.2, -0.15) is 0 Å². The van der Waals surface area contributed by atoms with Crippen molar-refractivity contribution in [2.24, 2.45) is 0 Å². The average Bonchev–Trinajstić information content (AvgIpc) is 3.07. The van der Waals surface area contributed by atoms with Crippen molar-refractivity contribution in [1.82, 2.24) is 0 Å². The molecule has 0 N–H and O–H groups in total. The van der Waals surface area contributed by atoms with Crippen LogP contribution >= 0.6 is 6.83 Å². The fourth-order valence-corrected chi connectivity index (χ4v) is 15.0. The van der Waals surface area contributed by atoms with Gasteiger partial charge in [-0.05, 0) is 0 Å². The Morgan fingerprint density at radius 2 is 0.907 bits per heavy atom. The molecule has 0 heterocycles. The van der Waals surface area contributed by atoms with E-state index >= 15 is 8.42 Å². The van der Waals surface area contributed by atoms with Gasteiger partial charge in [0.1, 0.15) is 0 Å². The second-order valence-electron chi connectivity index (χ2n) is 11.0. The zero-order chi connectivity index (χ0) is 30.2. The molecule has 5 aromatic carbocycles. The van der Waals surface area contributed by atoms with Crippen LogP contribution in [0.2, 0.25) is 0 Å². The third-order valence-electron chi connectivity index (χ3n) is 8.32. The number of rotatable bonds is 13. The molecule has 3 nitrogen and oxygen atoms in total. The summed E-state index contributed by atoms with van der Waals surface area (Å²) in [6.07, 6.45) is 5.47. The van der Waals surface area contributed by atoms with Crippen LogP contribution in [0.3, 0.4) is 0 Å². The van der Waals surface area contributed by atoms with Crippen LogP contribution in [-0.4, -0.2) is 8.42 Å². The van der Waals surface area contributed by atoms with Gasteiger partial charge in [0.2, 0.25) is 0 Å². The number of benzene rings is 5. The summed E-state index contributed by atoms with van der Waals surface area (Å²) in [6, 6.07) is 45.5. The summed E-state index contributed by atoms with van der Waals surface area (Å²) in [7, 11) is -4.32. The summed E-state index contributed by atoms with van der Waals surface area (Å²) in [5.41, 5.74) is 1.98. The topological polar surface area (TPSA) is 43.4 Å². The van der Waals surface area contributed by atoms with E-state index in [0.717, 1.165) is 64.4 Å². The summed E-state index contributed by atoms with van der Waals surface area (Å²) in [5, 5.41) is 3.33. The van der Waals surface area contributed by atoms with E-state index in [4.69, 9.17) is 3.97 Å². The summed E-state index contributed by atoms with van der Waals surface area (Å²) in [4.78, 5) is 0.280. The molecular weight excluding hydrogens is 567 g/mol. The number of hydrogen-bond donors (Lipinski definition) is 0. The van der Waals surface area contributed by atoms with Crippen LogP contribution in [0.5, 0.6) is 0 Å². The monoisotopic (exact) mass is 608 g/mol. The molecule has 0 unspecified atom stereocenters. The van der Waals surface area contributed by atoms with Gasteiger partial charge in [-0.1, -0.05) is 0 Å². The molecule has 0 fully saturated rings. The van der Waals surface area contributed by atoms with E-state index in [-0.39, 0.29) is 4.90 Å². The third-order valence-corrected chi connectivity index (χ3v) is 16.4. The average molecular weight is 609 g/mol. The van der Waals surface area contributed by atoms with Crippen molar-refractivity contribution < 1.29 is 12.4 Å². The van der Waals surface area contributed by atoms with E-state index in [0.29, 0.717) is 6.42 Å². The predicted octanol–water partition coefficient (Wildman–Crippen LogP) is 7.85. The van der Waals surface area contributed by atoms with Gasteiger partial charge in [-0.15, -0.1) is 0 Å². The second kappa shape index (κ2) is 13.4. The van der Waals surface area contributed by atoms with Crippen LogP contribution in [0.25, 0.3) is 0 Å². The third kappa shape index (κ3) is 5.60. The van der Waals surface area contributed by atoms with Gasteiger partial charge in [-0.25, -0.2) is 0 Å². The number of aryl methyl sites for hydroxylation is 1. The molecule has 0 aliphatic rings. The normalized spacial score (nSPS) is 12.8. The van der Waals surface area contributed by atoms with Crippen molar-refractivity contribution in [3.63, 3.8) is 0 Å². The first-order valence-corrected chi connectivity index (χ1v) is 18.9. The van der Waals surface area contributed by atoms with E-state index in [1.54, 1.807) is 6.07 Å². The molecular formula is C38H41O3PS. The summed E-state index contributed by atoms with van der Waals surface area (Å²) in [5.74, 6) is 0. The standard InChI is InChI=1S/C38H41O3PS/c1-3-5-20-32-21-19-31-38(37(32)30-6-4-2)43(39,40)41-42(33-22-11-7-12-23-33,34-24-13-8-14-25-34,35-26-15-9-16-27-35)36-28-17-10-18-29-36/h7-19,21-29,31H,3-6,20,30H2,1-2H3. The van der Waals surface area contributed by atoms with E-state index < -0.39 is 16.9 Å². The molecule has 43 heavy (non-hydrogen) atoms. The maximum absolute atomic E-state index is 15.2. The molecule has 0 aliphatic carbocycles. The van der Waals surface area contributed by atoms with Crippen molar-refractivity contribution in [2.45, 2.75) is 57.3 Å². The Balaban J connectivity index is 1.92. The van der Waals surface area contributed by atoms with Crippen LogP contribution in [0, 0.1) is 0 Å². The molecule has 0 radical (unpaired) electrons. The first-order chi connectivity index (χ1) is 21.0. The molecule has 5 rings (SSSR count). The van der Waals surface area contributed by atoms with Gasteiger partial charge >= 0.3 is 258 Å². The molecule has 0 atom stereocenters. The van der Waals surface area contributed by atoms with Crippen LogP contribution in [0.4, 0.5) is 0 Å². The van der Waals surface area contributed by atoms with Gasteiger partial charge in [0.05, 0.1) is 0 Å². The second-order valence-corrected chi connectivity index (χ2v) is 17.1. The fraction of sp³-hybridized carbons (Fsp3) is 0.211. The maximum atomic E-state index is 15.2. The predicted molar refractivity (Wildman–Crippen MR) is 183 cm³/mol. The Bertz CT molecular complexity index is 1550. The molecule has 0 saturated heterocycles. The van der Waals surface area contributed by atoms with Gasteiger partial charge in [0.15, 0.2) is 0 Å². The first kappa shape index (κ1) is 30.9. The molecule has 0 spiro atoms. The zero-order valence-corrected chi connectivity index (χ0v) is 26.8. The summed E-state index contributed by atoms with van der Waals surface area (Å²) < 4.78 is 37.6. The first-order valence-electron chi connectivity index (χ1n) is 15.3. The Morgan fingerprint density at radius 1 is 0.512 bits per heavy atom. The van der Waals surface area contributed by atoms with Crippen molar-refractivity contribution in [3.05, 3.63) is 151 Å². The van der Waals surface area contributed by atoms with Gasteiger partial charge < -0.3 is 0 Å². The number of hydrogen-bond acceptors (Lipinski definition) is 3. The molecule has 5 heteroatoms. The molecule has 222 valence electrons. The summed E-state index contributed by atoms with van der Waals surface area (Å²) in [6.45, 7) is -0.0897. The van der Waals surface area contributed by atoms with Crippen molar-refractivity contribution in [1.29, 1.82) is 0 Å². The van der Waals surface area contributed by atoms with Gasteiger partial charge in [0.25, 0.3) is 0 Å². The van der Waals surface area contributed by atoms with Gasteiger partial charge in [0, 0.05) is 0 Å². The molecule has 0 aliphatic heterocycles. The van der Waals surface area contributed by atoms with Crippen molar-refractivity contribution in [3.8, 4) is 0 Å². The summed E-state index contributed by atoms with van der Waals surface area (Å²) >= 11 is 0. The van der Waals surface area contributed by atoms with Crippen molar-refractivity contribution >= 4 is 38.2 Å². The van der Waals surface area contributed by atoms with Crippen LogP contribution in [-0.2, 0) is 26.9 Å². The van der Waals surface area contributed by atoms with E-state index in [9.17, 15) is 0 Å². The van der Waals surface area contributed by atoms with Crippen LogP contribution in [0.15, 0.2) is 144 Å². The number of unbranched alkanes of at least 4 members (excludes halogenated alkanes) is 2. The van der Waals surface area contributed by atoms with E-state index in [1.165, 1.54) is 0 Å². The van der Waals surface area contributed by atoms with Crippen LogP contribution < -0.4 is 21.2 Å². The molecule has 0 amide bonds. The SMILES string of the molecule is CCCCc1cccc(S(=O)(=O)OP(c2ccccc2)(c2ccccc2)(c2ccccc2)c2ccccc2)c1CCCC. The Morgan fingerprint density at radius 3 is 1.30 bits per heavy atom. The molecule has 5 aromatic rings. The zero-order valence-electron chi connectivity index (χ0n) is 25.1. The Kier molecular flexibility index (Phi) is 9.62. The Labute approximate surface area is 257 Å². The van der Waals surface area contributed by atoms with Crippen molar-refractivity contribution in [2.75, 3.05) is 0 Å². The molecule has 0 saturated carbocycles. The Hall–Kier alpha value is -3.56.